The van der Waals surface area contributed by atoms with Crippen molar-refractivity contribution in [2.45, 2.75) is 25.9 Å². The van der Waals surface area contributed by atoms with Gasteiger partial charge in [0.05, 0.1) is 13.7 Å². The molecule has 27 heavy (non-hydrogen) atoms. The summed E-state index contributed by atoms with van der Waals surface area (Å²) < 4.78 is 19.1. The number of methoxy groups -OCH3 is 1. The largest absolute Gasteiger partial charge is 0.497 e. The molecule has 1 unspecified atom stereocenters. The highest BCUT2D eigenvalue weighted by molar-refractivity contribution is 5.80. The van der Waals surface area contributed by atoms with E-state index in [9.17, 15) is 4.39 Å². The average Bonchev–Trinajstić information content (AvgIpc) is 3.15. The molecule has 6 nitrogen and oxygen atoms in total. The number of rotatable bonds is 6. The van der Waals surface area contributed by atoms with Crippen LogP contribution in [0.25, 0.3) is 0 Å². The first-order valence-corrected chi connectivity index (χ1v) is 9.23. The van der Waals surface area contributed by atoms with Gasteiger partial charge in [-0.05, 0) is 43.2 Å². The van der Waals surface area contributed by atoms with Gasteiger partial charge in [0.25, 0.3) is 0 Å². The van der Waals surface area contributed by atoms with Crippen LogP contribution in [-0.4, -0.2) is 43.7 Å². The minimum atomic E-state index is -0.279. The fourth-order valence-corrected chi connectivity index (χ4v) is 3.10. The molecule has 1 saturated heterocycles. The molecule has 0 spiro atoms. The number of nitrogens with zero attached hydrogens (tertiary/aromatic N) is 3. The van der Waals surface area contributed by atoms with Gasteiger partial charge < -0.3 is 20.3 Å². The van der Waals surface area contributed by atoms with Gasteiger partial charge in [0.1, 0.15) is 5.75 Å². The van der Waals surface area contributed by atoms with Crippen LogP contribution in [0.5, 0.6) is 5.75 Å². The second-order valence-corrected chi connectivity index (χ2v) is 6.43. The zero-order valence-electron chi connectivity index (χ0n) is 15.8. The van der Waals surface area contributed by atoms with Crippen molar-refractivity contribution in [2.75, 3.05) is 31.6 Å². The lowest BCUT2D eigenvalue weighted by atomic mass is 10.2. The molecule has 1 aromatic heterocycles. The van der Waals surface area contributed by atoms with Crippen LogP contribution in [0, 0.1) is 5.82 Å². The van der Waals surface area contributed by atoms with Crippen molar-refractivity contribution in [1.29, 1.82) is 0 Å². The number of halogens is 1. The molecule has 144 valence electrons. The van der Waals surface area contributed by atoms with Crippen LogP contribution in [0.1, 0.15) is 18.9 Å². The van der Waals surface area contributed by atoms with Crippen LogP contribution < -0.4 is 20.3 Å². The average molecular weight is 371 g/mol. The highest BCUT2D eigenvalue weighted by Gasteiger charge is 2.25. The molecule has 1 aromatic carbocycles. The standard InChI is InChI=1S/C20H26FN5O/c1-3-22-20(24-13-15-6-8-17(27-2)9-7-15)25-16-10-12-26(14-16)19-18(21)5-4-11-23-19/h4-9,11,16H,3,10,12-14H2,1-2H3,(H2,22,24,25). The number of nitrogens with one attached hydrogen (secondary N) is 2. The van der Waals surface area contributed by atoms with E-state index in [1.54, 1.807) is 19.4 Å². The molecule has 3 rings (SSSR count). The molecule has 1 fully saturated rings. The van der Waals surface area contributed by atoms with Crippen molar-refractivity contribution in [3.05, 3.63) is 54.0 Å². The van der Waals surface area contributed by atoms with Crippen LogP contribution in [-0.2, 0) is 6.54 Å². The van der Waals surface area contributed by atoms with Crippen molar-refractivity contribution >= 4 is 11.8 Å². The maximum Gasteiger partial charge on any atom is 0.191 e. The number of guanidine groups is 1. The van der Waals surface area contributed by atoms with E-state index in [1.807, 2.05) is 36.1 Å². The van der Waals surface area contributed by atoms with Gasteiger partial charge in [-0.25, -0.2) is 14.4 Å². The number of ether oxygens (including phenoxy) is 1. The lowest BCUT2D eigenvalue weighted by Gasteiger charge is -2.20. The van der Waals surface area contributed by atoms with Gasteiger partial charge in [0.2, 0.25) is 0 Å². The molecule has 2 N–H and O–H groups in total. The van der Waals surface area contributed by atoms with Crippen molar-refractivity contribution in [3.8, 4) is 5.75 Å². The van der Waals surface area contributed by atoms with Gasteiger partial charge in [-0.2, -0.15) is 0 Å². The monoisotopic (exact) mass is 371 g/mol. The minimum absolute atomic E-state index is 0.195. The zero-order valence-corrected chi connectivity index (χ0v) is 15.8. The molecule has 1 atom stereocenters. The highest BCUT2D eigenvalue weighted by atomic mass is 19.1. The number of anilines is 1. The van der Waals surface area contributed by atoms with Gasteiger partial charge in [-0.15, -0.1) is 0 Å². The summed E-state index contributed by atoms with van der Waals surface area (Å²) in [6.45, 7) is 4.85. The Bertz CT molecular complexity index is 765. The van der Waals surface area contributed by atoms with E-state index in [0.717, 1.165) is 36.8 Å². The zero-order chi connectivity index (χ0) is 19.1. The van der Waals surface area contributed by atoms with E-state index < -0.39 is 0 Å². The van der Waals surface area contributed by atoms with E-state index >= 15 is 0 Å². The van der Waals surface area contributed by atoms with E-state index in [2.05, 4.69) is 20.6 Å². The van der Waals surface area contributed by atoms with Crippen molar-refractivity contribution < 1.29 is 9.13 Å². The topological polar surface area (TPSA) is 61.8 Å². The lowest BCUT2D eigenvalue weighted by Crippen LogP contribution is -2.44. The fraction of sp³-hybridized carbons (Fsp3) is 0.400. The van der Waals surface area contributed by atoms with Crippen LogP contribution in [0.2, 0.25) is 0 Å². The first kappa shape index (κ1) is 18.9. The Morgan fingerprint density at radius 2 is 2.15 bits per heavy atom. The summed E-state index contributed by atoms with van der Waals surface area (Å²) in [6, 6.07) is 11.1. The molecule has 7 heteroatoms. The number of hydrogen-bond acceptors (Lipinski definition) is 4. The highest BCUT2D eigenvalue weighted by Crippen LogP contribution is 2.20. The molecular formula is C20H26FN5O. The maximum atomic E-state index is 13.9. The molecule has 0 aliphatic carbocycles. The Morgan fingerprint density at radius 3 is 2.85 bits per heavy atom. The third-order valence-electron chi connectivity index (χ3n) is 4.49. The van der Waals surface area contributed by atoms with Crippen molar-refractivity contribution in [1.82, 2.24) is 15.6 Å². The van der Waals surface area contributed by atoms with Crippen molar-refractivity contribution in [3.63, 3.8) is 0 Å². The van der Waals surface area contributed by atoms with Gasteiger partial charge in [0, 0.05) is 31.9 Å². The predicted molar refractivity (Wildman–Crippen MR) is 106 cm³/mol. The van der Waals surface area contributed by atoms with Gasteiger partial charge in [0.15, 0.2) is 17.6 Å². The first-order valence-electron chi connectivity index (χ1n) is 9.23. The summed E-state index contributed by atoms with van der Waals surface area (Å²) in [5, 5.41) is 6.73. The number of benzene rings is 1. The Kier molecular flexibility index (Phi) is 6.46. The molecule has 2 heterocycles. The van der Waals surface area contributed by atoms with Crippen LogP contribution >= 0.6 is 0 Å². The minimum Gasteiger partial charge on any atom is -0.497 e. The van der Waals surface area contributed by atoms with E-state index in [4.69, 9.17) is 4.74 Å². The van der Waals surface area contributed by atoms with Gasteiger partial charge in [-0.3, -0.25) is 0 Å². The molecule has 0 amide bonds. The van der Waals surface area contributed by atoms with Gasteiger partial charge in [-0.1, -0.05) is 12.1 Å². The molecule has 0 saturated carbocycles. The summed E-state index contributed by atoms with van der Waals surface area (Å²) >= 11 is 0. The van der Waals surface area contributed by atoms with Crippen molar-refractivity contribution in [2.24, 2.45) is 4.99 Å². The number of pyridine rings is 1. The second kappa shape index (κ2) is 9.21. The normalized spacial score (nSPS) is 17.1. The van der Waals surface area contributed by atoms with Gasteiger partial charge >= 0.3 is 0 Å². The van der Waals surface area contributed by atoms with Crippen LogP contribution in [0.4, 0.5) is 10.2 Å². The molecule has 2 aromatic rings. The van der Waals surface area contributed by atoms with E-state index in [0.29, 0.717) is 18.9 Å². The first-order chi connectivity index (χ1) is 13.2. The molecule has 0 radical (unpaired) electrons. The van der Waals surface area contributed by atoms with E-state index in [-0.39, 0.29) is 11.9 Å². The third kappa shape index (κ3) is 5.09. The Morgan fingerprint density at radius 1 is 1.33 bits per heavy atom. The Labute approximate surface area is 159 Å². The summed E-state index contributed by atoms with van der Waals surface area (Å²) in [4.78, 5) is 10.8. The summed E-state index contributed by atoms with van der Waals surface area (Å²) in [5.74, 6) is 1.74. The van der Waals surface area contributed by atoms with Crippen LogP contribution in [0.15, 0.2) is 47.6 Å². The maximum absolute atomic E-state index is 13.9. The summed E-state index contributed by atoms with van der Waals surface area (Å²) in [6.07, 6.45) is 2.53. The molecular weight excluding hydrogens is 345 g/mol. The summed E-state index contributed by atoms with van der Waals surface area (Å²) in [7, 11) is 1.65. The predicted octanol–water partition coefficient (Wildman–Crippen LogP) is 2.56. The second-order valence-electron chi connectivity index (χ2n) is 6.43. The van der Waals surface area contributed by atoms with Crippen LogP contribution in [0.3, 0.4) is 0 Å². The Balaban J connectivity index is 1.60. The number of aliphatic imine (C=N–C) groups is 1. The molecule has 0 bridgehead atoms. The number of aromatic nitrogens is 1. The smallest absolute Gasteiger partial charge is 0.191 e. The quantitative estimate of drug-likeness (QED) is 0.604. The number of hydrogen-bond donors (Lipinski definition) is 2. The Hall–Kier alpha value is -2.83. The SMILES string of the molecule is CCNC(=NCc1ccc(OC)cc1)NC1CCN(c2ncccc2F)C1. The third-order valence-corrected chi connectivity index (χ3v) is 4.49. The molecule has 1 aliphatic heterocycles. The van der Waals surface area contributed by atoms with E-state index in [1.165, 1.54) is 6.07 Å². The fourth-order valence-electron chi connectivity index (χ4n) is 3.10. The summed E-state index contributed by atoms with van der Waals surface area (Å²) in [5.41, 5.74) is 1.11. The lowest BCUT2D eigenvalue weighted by molar-refractivity contribution is 0.414. The molecule has 1 aliphatic rings.